The zero-order valence-electron chi connectivity index (χ0n) is 40.7. The Bertz CT molecular complexity index is 1030. The van der Waals surface area contributed by atoms with Crippen molar-refractivity contribution in [3.63, 3.8) is 0 Å². The van der Waals surface area contributed by atoms with E-state index < -0.39 is 6.10 Å². The molecule has 0 bridgehead atoms. The zero-order valence-corrected chi connectivity index (χ0v) is 40.7. The second-order valence-corrected chi connectivity index (χ2v) is 17.8. The van der Waals surface area contributed by atoms with Crippen molar-refractivity contribution in [1.82, 2.24) is 0 Å². The molecule has 6 heteroatoms. The summed E-state index contributed by atoms with van der Waals surface area (Å²) in [5.74, 6) is -0.891. The maximum Gasteiger partial charge on any atom is 0.306 e. The van der Waals surface area contributed by atoms with Gasteiger partial charge in [0.25, 0.3) is 0 Å². The molecule has 0 aromatic heterocycles. The molecular formula is C55H100O6. The summed E-state index contributed by atoms with van der Waals surface area (Å²) in [5.41, 5.74) is 0. The van der Waals surface area contributed by atoms with Crippen molar-refractivity contribution in [3.05, 3.63) is 36.5 Å². The molecule has 1 unspecified atom stereocenters. The van der Waals surface area contributed by atoms with E-state index >= 15 is 0 Å². The number of unbranched alkanes of at least 4 members (excludes halogenated alkanes) is 31. The molecule has 1 atom stereocenters. The van der Waals surface area contributed by atoms with Crippen LogP contribution in [0.4, 0.5) is 0 Å². The standard InChI is InChI=1S/C55H100O6/c1-4-7-10-13-16-19-22-25-27-28-31-33-36-39-42-45-48-54(57)60-51-52(50-59-53(56)47-44-41-38-35-32-29-24-21-18-15-12-9-6-3)61-55(58)49-46-43-40-37-34-30-26-23-20-17-14-11-8-5-2/h8,11,17,20,29,32,52H,4-7,9-10,12-16,18-19,21-28,30-31,33-51H2,1-3H3/b11-8-,20-17-,32-29-. The highest BCUT2D eigenvalue weighted by Crippen LogP contribution is 2.16. The first-order chi connectivity index (χ1) is 30.0. The molecule has 61 heavy (non-hydrogen) atoms. The van der Waals surface area contributed by atoms with Crippen molar-refractivity contribution in [3.8, 4) is 0 Å². The Labute approximate surface area is 378 Å². The third-order valence-corrected chi connectivity index (χ3v) is 11.6. The molecule has 0 heterocycles. The van der Waals surface area contributed by atoms with Crippen LogP contribution < -0.4 is 0 Å². The van der Waals surface area contributed by atoms with Crippen molar-refractivity contribution >= 4 is 17.9 Å². The van der Waals surface area contributed by atoms with Gasteiger partial charge < -0.3 is 14.2 Å². The number of esters is 3. The fraction of sp³-hybridized carbons (Fsp3) is 0.836. The Balaban J connectivity index is 4.36. The molecule has 6 nitrogen and oxygen atoms in total. The van der Waals surface area contributed by atoms with Gasteiger partial charge in [0.05, 0.1) is 0 Å². The molecule has 0 aliphatic carbocycles. The van der Waals surface area contributed by atoms with Crippen LogP contribution in [0.25, 0.3) is 0 Å². The highest BCUT2D eigenvalue weighted by molar-refractivity contribution is 5.71. The summed E-state index contributed by atoms with van der Waals surface area (Å²) >= 11 is 0. The predicted octanol–water partition coefficient (Wildman–Crippen LogP) is 17.3. The Morgan fingerprint density at radius 3 is 1.02 bits per heavy atom. The van der Waals surface area contributed by atoms with E-state index in [2.05, 4.69) is 57.2 Å². The second-order valence-electron chi connectivity index (χ2n) is 17.8. The minimum absolute atomic E-state index is 0.0770. The third kappa shape index (κ3) is 48.5. The van der Waals surface area contributed by atoms with Gasteiger partial charge >= 0.3 is 17.9 Å². The molecule has 0 fully saturated rings. The van der Waals surface area contributed by atoms with Gasteiger partial charge in [0, 0.05) is 19.3 Å². The average molecular weight is 857 g/mol. The van der Waals surface area contributed by atoms with Crippen molar-refractivity contribution in [2.24, 2.45) is 0 Å². The monoisotopic (exact) mass is 857 g/mol. The van der Waals surface area contributed by atoms with Gasteiger partial charge in [0.15, 0.2) is 6.10 Å². The minimum atomic E-state index is -0.778. The zero-order chi connectivity index (χ0) is 44.4. The average Bonchev–Trinajstić information content (AvgIpc) is 3.26. The van der Waals surface area contributed by atoms with Crippen LogP contribution in [0.15, 0.2) is 36.5 Å². The molecule has 356 valence electrons. The van der Waals surface area contributed by atoms with Gasteiger partial charge in [-0.05, 0) is 70.6 Å². The Morgan fingerprint density at radius 1 is 0.344 bits per heavy atom. The Morgan fingerprint density at radius 2 is 0.639 bits per heavy atom. The summed E-state index contributed by atoms with van der Waals surface area (Å²) in [6.07, 6.45) is 58.4. The highest BCUT2D eigenvalue weighted by atomic mass is 16.6. The lowest BCUT2D eigenvalue weighted by atomic mass is 10.0. The molecule has 0 aromatic carbocycles. The van der Waals surface area contributed by atoms with Gasteiger partial charge in [-0.15, -0.1) is 0 Å². The molecule has 0 saturated carbocycles. The first kappa shape index (κ1) is 58.6. The third-order valence-electron chi connectivity index (χ3n) is 11.6. The lowest BCUT2D eigenvalue weighted by Crippen LogP contribution is -2.30. The van der Waals surface area contributed by atoms with Crippen molar-refractivity contribution in [2.45, 2.75) is 284 Å². The molecule has 0 amide bonds. The summed E-state index contributed by atoms with van der Waals surface area (Å²) in [6, 6.07) is 0. The van der Waals surface area contributed by atoms with Crippen LogP contribution in [0.5, 0.6) is 0 Å². The van der Waals surface area contributed by atoms with E-state index in [0.29, 0.717) is 19.3 Å². The van der Waals surface area contributed by atoms with Gasteiger partial charge in [0.2, 0.25) is 0 Å². The molecule has 0 spiro atoms. The minimum Gasteiger partial charge on any atom is -0.462 e. The maximum absolute atomic E-state index is 12.8. The van der Waals surface area contributed by atoms with Gasteiger partial charge in [-0.25, -0.2) is 0 Å². The molecule has 0 radical (unpaired) electrons. The molecule has 0 aliphatic heterocycles. The van der Waals surface area contributed by atoms with Crippen LogP contribution in [0.3, 0.4) is 0 Å². The highest BCUT2D eigenvalue weighted by Gasteiger charge is 2.19. The summed E-state index contributed by atoms with van der Waals surface area (Å²) in [6.45, 7) is 6.53. The molecular weight excluding hydrogens is 757 g/mol. The van der Waals surface area contributed by atoms with E-state index in [0.717, 1.165) is 89.9 Å². The predicted molar refractivity (Wildman–Crippen MR) is 261 cm³/mol. The molecule has 0 aromatic rings. The number of ether oxygens (including phenoxy) is 3. The quantitative estimate of drug-likeness (QED) is 0.0262. The van der Waals surface area contributed by atoms with Crippen LogP contribution in [-0.4, -0.2) is 37.2 Å². The smallest absolute Gasteiger partial charge is 0.306 e. The number of carbonyl (C=O) groups is 3. The Hall–Kier alpha value is -2.37. The summed E-state index contributed by atoms with van der Waals surface area (Å²) in [7, 11) is 0. The summed E-state index contributed by atoms with van der Waals surface area (Å²) in [4.78, 5) is 38.0. The number of rotatable bonds is 48. The van der Waals surface area contributed by atoms with Crippen LogP contribution in [-0.2, 0) is 28.6 Å². The lowest BCUT2D eigenvalue weighted by Gasteiger charge is -2.18. The van der Waals surface area contributed by atoms with Crippen molar-refractivity contribution in [2.75, 3.05) is 13.2 Å². The Kier molecular flexibility index (Phi) is 48.3. The fourth-order valence-electron chi connectivity index (χ4n) is 7.65. The van der Waals surface area contributed by atoms with Crippen molar-refractivity contribution < 1.29 is 28.6 Å². The number of allylic oxidation sites excluding steroid dienone is 6. The first-order valence-corrected chi connectivity index (χ1v) is 26.5. The van der Waals surface area contributed by atoms with E-state index in [1.165, 1.54) is 148 Å². The van der Waals surface area contributed by atoms with Crippen LogP contribution in [0.2, 0.25) is 0 Å². The summed E-state index contributed by atoms with van der Waals surface area (Å²) < 4.78 is 16.8. The maximum atomic E-state index is 12.8. The van der Waals surface area contributed by atoms with Gasteiger partial charge in [-0.2, -0.15) is 0 Å². The second kappa shape index (κ2) is 50.3. The SMILES string of the molecule is CC/C=C\C/C=C\CCCCCCCCCC(=O)OC(COC(=O)CCCCC/C=C\CCCCCCCC)COC(=O)CCCCCCCCCCCCCCCCCC. The fourth-order valence-corrected chi connectivity index (χ4v) is 7.65. The van der Waals surface area contributed by atoms with Gasteiger partial charge in [0.1, 0.15) is 13.2 Å². The molecule has 0 rings (SSSR count). The topological polar surface area (TPSA) is 78.9 Å². The van der Waals surface area contributed by atoms with E-state index in [-0.39, 0.29) is 31.1 Å². The largest absolute Gasteiger partial charge is 0.462 e. The van der Waals surface area contributed by atoms with E-state index in [1.54, 1.807) is 0 Å². The molecule has 0 aliphatic rings. The van der Waals surface area contributed by atoms with Crippen LogP contribution >= 0.6 is 0 Å². The van der Waals surface area contributed by atoms with Crippen LogP contribution in [0, 0.1) is 0 Å². The van der Waals surface area contributed by atoms with Gasteiger partial charge in [-0.3, -0.25) is 14.4 Å². The van der Waals surface area contributed by atoms with E-state index in [9.17, 15) is 14.4 Å². The molecule has 0 N–H and O–H groups in total. The number of hydrogen-bond donors (Lipinski definition) is 0. The summed E-state index contributed by atoms with van der Waals surface area (Å²) in [5, 5.41) is 0. The van der Waals surface area contributed by atoms with E-state index in [1.807, 2.05) is 0 Å². The van der Waals surface area contributed by atoms with E-state index in [4.69, 9.17) is 14.2 Å². The van der Waals surface area contributed by atoms with Crippen molar-refractivity contribution in [1.29, 1.82) is 0 Å². The van der Waals surface area contributed by atoms with Gasteiger partial charge in [-0.1, -0.05) is 224 Å². The number of carbonyl (C=O) groups excluding carboxylic acids is 3. The lowest BCUT2D eigenvalue weighted by molar-refractivity contribution is -0.167. The van der Waals surface area contributed by atoms with Crippen LogP contribution in [0.1, 0.15) is 278 Å². The first-order valence-electron chi connectivity index (χ1n) is 26.5. The molecule has 0 saturated heterocycles. The normalized spacial score (nSPS) is 12.2. The number of hydrogen-bond acceptors (Lipinski definition) is 6.